The Labute approximate surface area is 134 Å². The van der Waals surface area contributed by atoms with Crippen LogP contribution in [0.15, 0.2) is 4.99 Å². The molecule has 0 saturated heterocycles. The van der Waals surface area contributed by atoms with Crippen molar-refractivity contribution in [2.45, 2.75) is 58.1 Å². The summed E-state index contributed by atoms with van der Waals surface area (Å²) in [5.74, 6) is 1.36. The van der Waals surface area contributed by atoms with Gasteiger partial charge < -0.3 is 15.8 Å². The van der Waals surface area contributed by atoms with Crippen molar-refractivity contribution in [1.82, 2.24) is 5.32 Å². The smallest absolute Gasteiger partial charge is 0.188 e. The Kier molecular flexibility index (Phi) is 5.52. The number of aliphatic imine (C=N–C) groups is 1. The third-order valence-electron chi connectivity index (χ3n) is 5.35. The minimum atomic E-state index is -0.0566. The summed E-state index contributed by atoms with van der Waals surface area (Å²) in [5, 5.41) is 3.35. The second-order valence-electron chi connectivity index (χ2n) is 6.58. The second kappa shape index (κ2) is 6.16. The van der Waals surface area contributed by atoms with Crippen LogP contribution in [0.3, 0.4) is 0 Å². The highest BCUT2D eigenvalue weighted by Gasteiger charge is 2.57. The van der Waals surface area contributed by atoms with E-state index >= 15 is 0 Å². The number of ether oxygens (including phenoxy) is 1. The van der Waals surface area contributed by atoms with E-state index in [1.54, 1.807) is 7.11 Å². The Hall–Kier alpha value is -0.0400. The molecule has 2 aliphatic rings. The molecule has 2 saturated carbocycles. The topological polar surface area (TPSA) is 59.6 Å². The van der Waals surface area contributed by atoms with Gasteiger partial charge in [-0.25, -0.2) is 0 Å². The maximum atomic E-state index is 5.96. The van der Waals surface area contributed by atoms with Crippen LogP contribution in [0.25, 0.3) is 0 Å². The van der Waals surface area contributed by atoms with Crippen molar-refractivity contribution < 1.29 is 4.74 Å². The molecule has 4 nitrogen and oxygen atoms in total. The molecule has 2 unspecified atom stereocenters. The van der Waals surface area contributed by atoms with Crippen molar-refractivity contribution in [2.24, 2.45) is 22.1 Å². The highest BCUT2D eigenvalue weighted by molar-refractivity contribution is 14.0. The number of hydrogen-bond donors (Lipinski definition) is 2. The predicted octanol–water partition coefficient (Wildman–Crippen LogP) is 2.51. The molecule has 0 radical (unpaired) electrons. The van der Waals surface area contributed by atoms with E-state index in [0.717, 1.165) is 18.9 Å². The van der Waals surface area contributed by atoms with Gasteiger partial charge >= 0.3 is 0 Å². The largest absolute Gasteiger partial charge is 0.378 e. The van der Waals surface area contributed by atoms with Gasteiger partial charge in [-0.2, -0.15) is 0 Å². The molecule has 0 aromatic carbocycles. The number of rotatable bonds is 4. The van der Waals surface area contributed by atoms with E-state index < -0.39 is 0 Å². The monoisotopic (exact) mass is 381 g/mol. The van der Waals surface area contributed by atoms with Gasteiger partial charge in [-0.1, -0.05) is 20.3 Å². The molecule has 2 rings (SSSR count). The van der Waals surface area contributed by atoms with Crippen LogP contribution in [-0.4, -0.2) is 31.3 Å². The van der Waals surface area contributed by atoms with Crippen molar-refractivity contribution in [3.8, 4) is 0 Å². The van der Waals surface area contributed by atoms with Gasteiger partial charge in [0, 0.05) is 25.1 Å². The normalized spacial score (nSPS) is 33.9. The summed E-state index contributed by atoms with van der Waals surface area (Å²) in [6.07, 6.45) is 4.96. The van der Waals surface area contributed by atoms with Gasteiger partial charge in [-0.15, -0.1) is 24.0 Å². The molecule has 5 heteroatoms. The van der Waals surface area contributed by atoms with Gasteiger partial charge in [0.25, 0.3) is 0 Å². The minimum Gasteiger partial charge on any atom is -0.378 e. The zero-order valence-electron chi connectivity index (χ0n) is 12.5. The Bertz CT molecular complexity index is 342. The first-order chi connectivity index (χ1) is 8.39. The summed E-state index contributed by atoms with van der Waals surface area (Å²) in [4.78, 5) is 4.45. The Morgan fingerprint density at radius 3 is 2.42 bits per heavy atom. The first-order valence-corrected chi connectivity index (χ1v) is 7.00. The average Bonchev–Trinajstić information content (AvgIpc) is 2.26. The molecule has 0 bridgehead atoms. The van der Waals surface area contributed by atoms with Crippen LogP contribution in [-0.2, 0) is 4.74 Å². The van der Waals surface area contributed by atoms with Crippen molar-refractivity contribution in [1.29, 1.82) is 0 Å². The number of nitrogens with zero attached hydrogens (tertiary/aromatic N) is 1. The lowest BCUT2D eigenvalue weighted by Gasteiger charge is -2.59. The lowest BCUT2D eigenvalue weighted by molar-refractivity contribution is -0.176. The Morgan fingerprint density at radius 2 is 2.00 bits per heavy atom. The van der Waals surface area contributed by atoms with Crippen LogP contribution in [0.5, 0.6) is 0 Å². The van der Waals surface area contributed by atoms with Crippen LogP contribution < -0.4 is 11.1 Å². The molecule has 0 aromatic heterocycles. The maximum Gasteiger partial charge on any atom is 0.188 e. The van der Waals surface area contributed by atoms with E-state index in [1.807, 2.05) is 0 Å². The SMILES string of the molecule is COC1(C)CC(NC(N)=NCC2CCC2)C1(C)C.I. The molecule has 2 atom stereocenters. The standard InChI is InChI=1S/C14H27N3O.HI/c1-13(2)11(8-14(13,3)18-4)17-12(15)16-9-10-6-5-7-10;/h10-11H,5-9H2,1-4H3,(H3,15,16,17);1H. The molecule has 0 aromatic rings. The van der Waals surface area contributed by atoms with Crippen LogP contribution in [0.2, 0.25) is 0 Å². The van der Waals surface area contributed by atoms with E-state index in [0.29, 0.717) is 12.0 Å². The molecule has 0 heterocycles. The number of halogens is 1. The third kappa shape index (κ3) is 3.17. The summed E-state index contributed by atoms with van der Waals surface area (Å²) in [7, 11) is 1.78. The molecule has 19 heavy (non-hydrogen) atoms. The van der Waals surface area contributed by atoms with Gasteiger partial charge in [0.1, 0.15) is 0 Å². The van der Waals surface area contributed by atoms with E-state index in [1.165, 1.54) is 19.3 Å². The molecule has 0 amide bonds. The Balaban J connectivity index is 0.00000180. The number of methoxy groups -OCH3 is 1. The van der Waals surface area contributed by atoms with Gasteiger partial charge in [0.15, 0.2) is 5.96 Å². The number of hydrogen-bond acceptors (Lipinski definition) is 2. The summed E-state index contributed by atoms with van der Waals surface area (Å²) in [6.45, 7) is 7.48. The summed E-state index contributed by atoms with van der Waals surface area (Å²) >= 11 is 0. The summed E-state index contributed by atoms with van der Waals surface area (Å²) in [6, 6.07) is 0.354. The zero-order chi connectivity index (χ0) is 13.4. The van der Waals surface area contributed by atoms with Gasteiger partial charge in [0.2, 0.25) is 0 Å². The molecule has 0 spiro atoms. The Morgan fingerprint density at radius 1 is 1.37 bits per heavy atom. The van der Waals surface area contributed by atoms with Crippen LogP contribution in [0.4, 0.5) is 0 Å². The van der Waals surface area contributed by atoms with E-state index in [9.17, 15) is 0 Å². The van der Waals surface area contributed by atoms with Crippen molar-refractivity contribution >= 4 is 29.9 Å². The fourth-order valence-corrected chi connectivity index (χ4v) is 2.85. The average molecular weight is 381 g/mol. The highest BCUT2D eigenvalue weighted by atomic mass is 127. The fraction of sp³-hybridized carbons (Fsp3) is 0.929. The minimum absolute atomic E-state index is 0. The zero-order valence-corrected chi connectivity index (χ0v) is 14.9. The summed E-state index contributed by atoms with van der Waals surface area (Å²) < 4.78 is 5.60. The van der Waals surface area contributed by atoms with E-state index in [2.05, 4.69) is 31.1 Å². The van der Waals surface area contributed by atoms with Crippen molar-refractivity contribution in [2.75, 3.05) is 13.7 Å². The lowest BCUT2D eigenvalue weighted by atomic mass is 9.56. The lowest BCUT2D eigenvalue weighted by Crippen LogP contribution is -2.69. The van der Waals surface area contributed by atoms with Crippen LogP contribution in [0, 0.1) is 11.3 Å². The molecule has 3 N–H and O–H groups in total. The highest BCUT2D eigenvalue weighted by Crippen LogP contribution is 2.51. The number of nitrogens with two attached hydrogens (primary N) is 1. The first kappa shape index (κ1) is 17.0. The van der Waals surface area contributed by atoms with Crippen LogP contribution >= 0.6 is 24.0 Å². The molecular formula is C14H28IN3O. The third-order valence-corrected chi connectivity index (χ3v) is 5.35. The van der Waals surface area contributed by atoms with Crippen molar-refractivity contribution in [3.05, 3.63) is 0 Å². The quantitative estimate of drug-likeness (QED) is 0.447. The number of nitrogens with one attached hydrogen (secondary N) is 1. The second-order valence-corrected chi connectivity index (χ2v) is 6.58. The predicted molar refractivity (Wildman–Crippen MR) is 90.0 cm³/mol. The van der Waals surface area contributed by atoms with Gasteiger partial charge in [-0.05, 0) is 32.1 Å². The van der Waals surface area contributed by atoms with Gasteiger partial charge in [-0.3, -0.25) is 4.99 Å². The molecule has 2 aliphatic carbocycles. The fourth-order valence-electron chi connectivity index (χ4n) is 2.85. The van der Waals surface area contributed by atoms with Crippen LogP contribution in [0.1, 0.15) is 46.5 Å². The van der Waals surface area contributed by atoms with Gasteiger partial charge in [0.05, 0.1) is 5.60 Å². The molecule has 0 aliphatic heterocycles. The molecule has 2 fully saturated rings. The molecule has 112 valence electrons. The first-order valence-electron chi connectivity index (χ1n) is 7.00. The van der Waals surface area contributed by atoms with E-state index in [-0.39, 0.29) is 35.0 Å². The maximum absolute atomic E-state index is 5.96. The number of guanidine groups is 1. The summed E-state index contributed by atoms with van der Waals surface area (Å²) in [5.41, 5.74) is 5.99. The van der Waals surface area contributed by atoms with Crippen molar-refractivity contribution in [3.63, 3.8) is 0 Å². The van der Waals surface area contributed by atoms with E-state index in [4.69, 9.17) is 10.5 Å². The molecular weight excluding hydrogens is 353 g/mol.